The first-order valence-electron chi connectivity index (χ1n) is 6.10. The molecule has 1 rings (SSSR count). The first-order chi connectivity index (χ1) is 8.16. The van der Waals surface area contributed by atoms with Crippen LogP contribution in [0.25, 0.3) is 0 Å². The van der Waals surface area contributed by atoms with Crippen LogP contribution in [0.5, 0.6) is 0 Å². The van der Waals surface area contributed by atoms with Crippen molar-refractivity contribution >= 4 is 17.7 Å². The number of aryl methyl sites for hydroxylation is 2. The molecule has 0 bridgehead atoms. The fourth-order valence-electron chi connectivity index (χ4n) is 1.71. The minimum atomic E-state index is -0.741. The number of hydrogen-bond acceptors (Lipinski definition) is 2. The zero-order chi connectivity index (χ0) is 14.1. The van der Waals surface area contributed by atoms with Crippen molar-refractivity contribution in [3.8, 4) is 0 Å². The predicted octanol–water partition coefficient (Wildman–Crippen LogP) is 4.12. The summed E-state index contributed by atoms with van der Waals surface area (Å²) in [5, 5.41) is 9.15. The Labute approximate surface area is 114 Å². The molecule has 0 unspecified atom stereocenters. The van der Waals surface area contributed by atoms with Gasteiger partial charge in [-0.1, -0.05) is 6.07 Å². The topological polar surface area (TPSA) is 37.3 Å². The molecule has 0 heterocycles. The molecule has 0 radical (unpaired) electrons. The van der Waals surface area contributed by atoms with Crippen molar-refractivity contribution in [3.05, 3.63) is 28.3 Å². The lowest BCUT2D eigenvalue weighted by Crippen LogP contribution is -2.26. The second-order valence-corrected chi connectivity index (χ2v) is 6.55. The molecule has 2 nitrogen and oxygen atoms in total. The van der Waals surface area contributed by atoms with Crippen LogP contribution in [0.1, 0.15) is 36.1 Å². The van der Waals surface area contributed by atoms with Crippen LogP contribution in [0, 0.1) is 33.1 Å². The minimum absolute atomic E-state index is 0.590. The van der Waals surface area contributed by atoms with Crippen molar-refractivity contribution in [1.29, 1.82) is 0 Å². The third-order valence-electron chi connectivity index (χ3n) is 3.45. The van der Waals surface area contributed by atoms with Gasteiger partial charge in [0.25, 0.3) is 0 Å². The second kappa shape index (κ2) is 5.35. The van der Waals surface area contributed by atoms with Gasteiger partial charge in [0.1, 0.15) is 0 Å². The van der Waals surface area contributed by atoms with E-state index in [0.29, 0.717) is 5.75 Å². The van der Waals surface area contributed by atoms with E-state index in [2.05, 4.69) is 33.8 Å². The molecule has 0 atom stereocenters. The third kappa shape index (κ3) is 3.08. The van der Waals surface area contributed by atoms with E-state index in [9.17, 15) is 4.79 Å². The lowest BCUT2D eigenvalue weighted by molar-refractivity contribution is -0.145. The molecule has 0 aromatic heterocycles. The molecule has 0 aliphatic carbocycles. The molecule has 18 heavy (non-hydrogen) atoms. The highest BCUT2D eigenvalue weighted by Gasteiger charge is 2.27. The Morgan fingerprint density at radius 1 is 1.17 bits per heavy atom. The zero-order valence-corrected chi connectivity index (χ0v) is 12.9. The summed E-state index contributed by atoms with van der Waals surface area (Å²) < 4.78 is 0. The summed E-state index contributed by atoms with van der Waals surface area (Å²) in [5.41, 5.74) is 4.39. The Hall–Kier alpha value is -0.960. The monoisotopic (exact) mass is 266 g/mol. The van der Waals surface area contributed by atoms with Gasteiger partial charge in [0.2, 0.25) is 0 Å². The molecule has 3 heteroatoms. The van der Waals surface area contributed by atoms with E-state index in [-0.39, 0.29) is 0 Å². The maximum atomic E-state index is 11.1. The molecular formula is C15H22O2S. The Morgan fingerprint density at radius 2 is 1.61 bits per heavy atom. The zero-order valence-electron chi connectivity index (χ0n) is 12.0. The van der Waals surface area contributed by atoms with E-state index >= 15 is 0 Å². The van der Waals surface area contributed by atoms with Crippen LogP contribution in [0.3, 0.4) is 0 Å². The van der Waals surface area contributed by atoms with Crippen LogP contribution in [-0.2, 0) is 4.79 Å². The Kier molecular flexibility index (Phi) is 4.49. The minimum Gasteiger partial charge on any atom is -0.481 e. The highest BCUT2D eigenvalue weighted by molar-refractivity contribution is 7.99. The fourth-order valence-corrected chi connectivity index (χ4v) is 3.10. The van der Waals surface area contributed by atoms with Crippen LogP contribution < -0.4 is 0 Å². The highest BCUT2D eigenvalue weighted by Crippen LogP contribution is 2.34. The van der Waals surface area contributed by atoms with Gasteiger partial charge in [0, 0.05) is 10.6 Å². The fraction of sp³-hybridized carbons (Fsp3) is 0.533. The lowest BCUT2D eigenvalue weighted by Gasteiger charge is -2.21. The van der Waals surface area contributed by atoms with Crippen LogP contribution in [0.4, 0.5) is 0 Å². The smallest absolute Gasteiger partial charge is 0.309 e. The van der Waals surface area contributed by atoms with E-state index in [0.717, 1.165) is 0 Å². The molecule has 1 N–H and O–H groups in total. The van der Waals surface area contributed by atoms with Crippen molar-refractivity contribution in [2.75, 3.05) is 5.75 Å². The number of carbonyl (C=O) groups is 1. The summed E-state index contributed by atoms with van der Waals surface area (Å²) in [5.74, 6) is -0.151. The summed E-state index contributed by atoms with van der Waals surface area (Å²) in [6, 6.07) is 2.19. The molecular weight excluding hydrogens is 244 g/mol. The number of aliphatic carboxylic acids is 1. The molecule has 0 amide bonds. The summed E-state index contributed by atoms with van der Waals surface area (Å²) in [6.45, 7) is 12.0. The number of rotatable bonds is 4. The van der Waals surface area contributed by atoms with Crippen LogP contribution in [0.2, 0.25) is 0 Å². The van der Waals surface area contributed by atoms with E-state index < -0.39 is 11.4 Å². The molecule has 0 fully saturated rings. The number of benzene rings is 1. The average molecular weight is 266 g/mol. The normalized spacial score (nSPS) is 11.7. The number of carboxylic acids is 1. The Balaban J connectivity index is 3.02. The van der Waals surface area contributed by atoms with Gasteiger partial charge in [-0.05, 0) is 63.8 Å². The second-order valence-electron chi connectivity index (χ2n) is 5.57. The molecule has 1 aromatic rings. The quantitative estimate of drug-likeness (QED) is 0.833. The van der Waals surface area contributed by atoms with E-state index in [4.69, 9.17) is 5.11 Å². The molecule has 0 saturated heterocycles. The van der Waals surface area contributed by atoms with Crippen molar-refractivity contribution in [1.82, 2.24) is 0 Å². The Morgan fingerprint density at radius 3 is 2.00 bits per heavy atom. The van der Waals surface area contributed by atoms with E-state index in [1.807, 2.05) is 0 Å². The molecule has 0 saturated carbocycles. The van der Waals surface area contributed by atoms with Gasteiger partial charge in [0.05, 0.1) is 5.41 Å². The summed E-state index contributed by atoms with van der Waals surface area (Å²) >= 11 is 1.66. The van der Waals surface area contributed by atoms with Crippen molar-refractivity contribution in [2.45, 2.75) is 46.4 Å². The summed E-state index contributed by atoms with van der Waals surface area (Å²) in [6.07, 6.45) is 0. The number of thioether (sulfide) groups is 1. The maximum Gasteiger partial charge on any atom is 0.309 e. The van der Waals surface area contributed by atoms with Gasteiger partial charge in [-0.25, -0.2) is 0 Å². The lowest BCUT2D eigenvalue weighted by atomic mass is 9.97. The SMILES string of the molecule is Cc1cc(C)c(C)c(SCC(C)(C)C(=O)O)c1C. The van der Waals surface area contributed by atoms with Gasteiger partial charge >= 0.3 is 5.97 Å². The Bertz CT molecular complexity index is 450. The standard InChI is InChI=1S/C15H22O2S/c1-9-7-10(2)12(4)13(11(9)3)18-8-15(5,6)14(16)17/h7H,8H2,1-6H3,(H,16,17). The first-order valence-corrected chi connectivity index (χ1v) is 7.09. The van der Waals surface area contributed by atoms with Gasteiger partial charge in [-0.15, -0.1) is 11.8 Å². The number of carboxylic acid groups (broad SMARTS) is 1. The van der Waals surface area contributed by atoms with Crippen molar-refractivity contribution < 1.29 is 9.90 Å². The molecule has 0 aliphatic heterocycles. The first kappa shape index (κ1) is 15.1. The van der Waals surface area contributed by atoms with Gasteiger partial charge in [0.15, 0.2) is 0 Å². The predicted molar refractivity (Wildman–Crippen MR) is 77.5 cm³/mol. The molecule has 0 aliphatic rings. The van der Waals surface area contributed by atoms with Crippen LogP contribution in [-0.4, -0.2) is 16.8 Å². The van der Waals surface area contributed by atoms with Gasteiger partial charge in [-0.3, -0.25) is 4.79 Å². The highest BCUT2D eigenvalue weighted by atomic mass is 32.2. The van der Waals surface area contributed by atoms with Crippen molar-refractivity contribution in [3.63, 3.8) is 0 Å². The van der Waals surface area contributed by atoms with Crippen LogP contribution >= 0.6 is 11.8 Å². The molecule has 0 spiro atoms. The molecule has 1 aromatic carbocycles. The largest absolute Gasteiger partial charge is 0.481 e. The van der Waals surface area contributed by atoms with Crippen molar-refractivity contribution in [2.24, 2.45) is 5.41 Å². The van der Waals surface area contributed by atoms with Crippen LogP contribution in [0.15, 0.2) is 11.0 Å². The average Bonchev–Trinajstić information content (AvgIpc) is 2.26. The van der Waals surface area contributed by atoms with E-state index in [1.54, 1.807) is 25.6 Å². The summed E-state index contributed by atoms with van der Waals surface area (Å²) in [7, 11) is 0. The molecule has 100 valence electrons. The maximum absolute atomic E-state index is 11.1. The number of hydrogen-bond donors (Lipinski definition) is 1. The third-order valence-corrected chi connectivity index (χ3v) is 5.22. The van der Waals surface area contributed by atoms with E-state index in [1.165, 1.54) is 27.1 Å². The summed E-state index contributed by atoms with van der Waals surface area (Å²) in [4.78, 5) is 12.4. The van der Waals surface area contributed by atoms with Gasteiger partial charge in [-0.2, -0.15) is 0 Å². The van der Waals surface area contributed by atoms with Gasteiger partial charge < -0.3 is 5.11 Å².